The maximum absolute atomic E-state index is 11.1. The maximum Gasteiger partial charge on any atom is 0.104 e. The molecule has 21 heavy (non-hydrogen) atoms. The highest BCUT2D eigenvalue weighted by Crippen LogP contribution is 2.42. The predicted octanol–water partition coefficient (Wildman–Crippen LogP) is 2.99. The lowest BCUT2D eigenvalue weighted by molar-refractivity contribution is 0.0453. The molecular formula is C18H22N2O. The molecule has 1 aliphatic heterocycles. The smallest absolute Gasteiger partial charge is 0.104 e. The highest BCUT2D eigenvalue weighted by atomic mass is 16.3. The van der Waals surface area contributed by atoms with E-state index in [-0.39, 0.29) is 0 Å². The zero-order valence-corrected chi connectivity index (χ0v) is 12.7. The zero-order chi connectivity index (χ0) is 14.6. The van der Waals surface area contributed by atoms with Crippen LogP contribution < -0.4 is 0 Å². The monoisotopic (exact) mass is 282 g/mol. The molecule has 0 amide bonds. The summed E-state index contributed by atoms with van der Waals surface area (Å²) in [6.45, 7) is 5.01. The average Bonchev–Trinajstić information content (AvgIpc) is 3.24. The van der Waals surface area contributed by atoms with E-state index in [1.165, 1.54) is 12.8 Å². The molecule has 1 aromatic carbocycles. The van der Waals surface area contributed by atoms with E-state index in [4.69, 9.17) is 0 Å². The number of aromatic nitrogens is 1. The van der Waals surface area contributed by atoms with Crippen molar-refractivity contribution in [2.45, 2.75) is 50.8 Å². The van der Waals surface area contributed by atoms with Crippen LogP contribution in [-0.2, 0) is 5.60 Å². The summed E-state index contributed by atoms with van der Waals surface area (Å²) in [4.78, 5) is 7.03. The minimum absolute atomic E-state index is 0.467. The quantitative estimate of drug-likeness (QED) is 0.920. The Morgan fingerprint density at radius 1 is 1.24 bits per heavy atom. The molecule has 3 heteroatoms. The van der Waals surface area contributed by atoms with Crippen molar-refractivity contribution in [3.05, 3.63) is 41.6 Å². The number of aryl methyl sites for hydroxylation is 1. The first-order chi connectivity index (χ1) is 10.0. The molecule has 1 saturated heterocycles. The second-order valence-corrected chi connectivity index (χ2v) is 6.85. The van der Waals surface area contributed by atoms with Crippen molar-refractivity contribution >= 4 is 10.9 Å². The number of rotatable bonds is 2. The van der Waals surface area contributed by atoms with Crippen LogP contribution in [0.15, 0.2) is 30.3 Å². The number of pyridine rings is 1. The molecular weight excluding hydrogens is 260 g/mol. The van der Waals surface area contributed by atoms with E-state index < -0.39 is 5.60 Å². The molecule has 2 fully saturated rings. The molecule has 2 unspecified atom stereocenters. The van der Waals surface area contributed by atoms with Crippen LogP contribution in [-0.4, -0.2) is 33.6 Å². The molecule has 1 saturated carbocycles. The Hall–Kier alpha value is -1.45. The van der Waals surface area contributed by atoms with Crippen molar-refractivity contribution in [2.24, 2.45) is 0 Å². The van der Waals surface area contributed by atoms with E-state index in [0.29, 0.717) is 12.1 Å². The Labute approximate surface area is 125 Å². The van der Waals surface area contributed by atoms with Crippen molar-refractivity contribution in [3.8, 4) is 0 Å². The van der Waals surface area contributed by atoms with Gasteiger partial charge >= 0.3 is 0 Å². The van der Waals surface area contributed by atoms with E-state index in [1.807, 2.05) is 19.1 Å². The summed E-state index contributed by atoms with van der Waals surface area (Å²) in [5, 5.41) is 12.2. The lowest BCUT2D eigenvalue weighted by Gasteiger charge is -2.24. The topological polar surface area (TPSA) is 36.4 Å². The molecule has 1 aliphatic carbocycles. The normalized spacial score (nSPS) is 30.1. The van der Waals surface area contributed by atoms with Gasteiger partial charge in [-0.15, -0.1) is 0 Å². The fourth-order valence-corrected chi connectivity index (χ4v) is 3.75. The number of benzene rings is 1. The van der Waals surface area contributed by atoms with Crippen LogP contribution in [0.4, 0.5) is 0 Å². The Morgan fingerprint density at radius 2 is 2.05 bits per heavy atom. The summed E-state index contributed by atoms with van der Waals surface area (Å²) in [5.74, 6) is 0. The van der Waals surface area contributed by atoms with Gasteiger partial charge in [0.2, 0.25) is 0 Å². The molecule has 0 radical (unpaired) electrons. The number of hydrogen-bond acceptors (Lipinski definition) is 3. The van der Waals surface area contributed by atoms with Gasteiger partial charge in [-0.2, -0.15) is 0 Å². The van der Waals surface area contributed by atoms with Gasteiger partial charge in [-0.3, -0.25) is 9.88 Å². The molecule has 2 heterocycles. The lowest BCUT2D eigenvalue weighted by Crippen LogP contribution is -2.33. The first kappa shape index (κ1) is 13.2. The van der Waals surface area contributed by atoms with E-state index in [1.54, 1.807) is 0 Å². The van der Waals surface area contributed by atoms with E-state index in [9.17, 15) is 5.11 Å². The fraction of sp³-hybridized carbons (Fsp3) is 0.500. The summed E-state index contributed by atoms with van der Waals surface area (Å²) >= 11 is 0. The largest absolute Gasteiger partial charge is 0.384 e. The van der Waals surface area contributed by atoms with Crippen LogP contribution in [0.2, 0.25) is 0 Å². The molecule has 0 spiro atoms. The molecule has 110 valence electrons. The number of fused-ring (bicyclic) bond motifs is 1. The van der Waals surface area contributed by atoms with Crippen LogP contribution in [0.1, 0.15) is 37.4 Å². The van der Waals surface area contributed by atoms with Crippen LogP contribution >= 0.6 is 0 Å². The van der Waals surface area contributed by atoms with Gasteiger partial charge < -0.3 is 5.11 Å². The first-order valence-electron chi connectivity index (χ1n) is 7.91. The molecule has 1 N–H and O–H groups in total. The standard InChI is InChI=1S/C18H22N2O/c1-12-3-4-14-9-15(5-8-17(14)19-12)18(21)10-13(2)20(11-18)16-6-7-16/h3-5,8-9,13,16,21H,6-7,10-11H2,1-2H3. The van der Waals surface area contributed by atoms with E-state index >= 15 is 0 Å². The zero-order valence-electron chi connectivity index (χ0n) is 12.7. The minimum atomic E-state index is -0.707. The Kier molecular flexibility index (Phi) is 2.85. The van der Waals surface area contributed by atoms with Gasteiger partial charge in [0.1, 0.15) is 5.60 Å². The average molecular weight is 282 g/mol. The van der Waals surface area contributed by atoms with Crippen LogP contribution in [0, 0.1) is 6.92 Å². The van der Waals surface area contributed by atoms with Crippen molar-refractivity contribution in [2.75, 3.05) is 6.54 Å². The van der Waals surface area contributed by atoms with Gasteiger partial charge in [0.25, 0.3) is 0 Å². The van der Waals surface area contributed by atoms with E-state index in [0.717, 1.165) is 35.1 Å². The molecule has 1 aromatic heterocycles. The van der Waals surface area contributed by atoms with Crippen LogP contribution in [0.5, 0.6) is 0 Å². The summed E-state index contributed by atoms with van der Waals surface area (Å²) in [7, 11) is 0. The van der Waals surface area contributed by atoms with Gasteiger partial charge in [-0.25, -0.2) is 0 Å². The SMILES string of the molecule is Cc1ccc2cc(C3(O)CC(C)N(C4CC4)C3)ccc2n1. The number of nitrogens with zero attached hydrogens (tertiary/aromatic N) is 2. The third-order valence-corrected chi connectivity index (χ3v) is 5.03. The van der Waals surface area contributed by atoms with Gasteiger partial charge in [0.15, 0.2) is 0 Å². The highest BCUT2D eigenvalue weighted by Gasteiger charge is 2.46. The van der Waals surface area contributed by atoms with Gasteiger partial charge in [0, 0.05) is 29.7 Å². The summed E-state index contributed by atoms with van der Waals surface area (Å²) in [6.07, 6.45) is 3.41. The number of hydrogen-bond donors (Lipinski definition) is 1. The molecule has 2 aromatic rings. The number of β-amino-alcohol motifs (C(OH)–C–C–N with tert-alkyl or cyclic N) is 1. The first-order valence-corrected chi connectivity index (χ1v) is 7.91. The molecule has 0 bridgehead atoms. The summed E-state index contributed by atoms with van der Waals surface area (Å²) < 4.78 is 0. The number of likely N-dealkylation sites (tertiary alicyclic amines) is 1. The lowest BCUT2D eigenvalue weighted by atomic mass is 9.90. The second kappa shape index (κ2) is 4.52. The van der Waals surface area contributed by atoms with Gasteiger partial charge in [-0.1, -0.05) is 12.1 Å². The Morgan fingerprint density at radius 3 is 2.81 bits per heavy atom. The molecule has 3 nitrogen and oxygen atoms in total. The Bertz CT molecular complexity index is 695. The van der Waals surface area contributed by atoms with E-state index in [2.05, 4.69) is 35.0 Å². The molecule has 2 aliphatic rings. The fourth-order valence-electron chi connectivity index (χ4n) is 3.75. The molecule has 4 rings (SSSR count). The van der Waals surface area contributed by atoms with Crippen molar-refractivity contribution in [1.82, 2.24) is 9.88 Å². The van der Waals surface area contributed by atoms with Gasteiger partial charge in [0.05, 0.1) is 5.52 Å². The third kappa shape index (κ3) is 2.25. The maximum atomic E-state index is 11.1. The third-order valence-electron chi connectivity index (χ3n) is 5.03. The Balaban J connectivity index is 1.70. The van der Waals surface area contributed by atoms with Crippen LogP contribution in [0.3, 0.4) is 0 Å². The summed E-state index contributed by atoms with van der Waals surface area (Å²) in [6, 6.07) is 11.5. The van der Waals surface area contributed by atoms with Crippen molar-refractivity contribution < 1.29 is 5.11 Å². The molecule has 2 atom stereocenters. The predicted molar refractivity (Wildman–Crippen MR) is 84.2 cm³/mol. The minimum Gasteiger partial charge on any atom is -0.384 e. The second-order valence-electron chi connectivity index (χ2n) is 6.85. The van der Waals surface area contributed by atoms with Crippen molar-refractivity contribution in [3.63, 3.8) is 0 Å². The van der Waals surface area contributed by atoms with Crippen LogP contribution in [0.25, 0.3) is 10.9 Å². The highest BCUT2D eigenvalue weighted by molar-refractivity contribution is 5.79. The number of aliphatic hydroxyl groups is 1. The summed E-state index contributed by atoms with van der Waals surface area (Å²) in [5.41, 5.74) is 2.37. The van der Waals surface area contributed by atoms with Gasteiger partial charge in [-0.05, 0) is 56.9 Å². The van der Waals surface area contributed by atoms with Crippen molar-refractivity contribution in [1.29, 1.82) is 0 Å².